The van der Waals surface area contributed by atoms with Gasteiger partial charge in [-0.1, -0.05) is 33.8 Å². The number of aryl methyl sites for hydroxylation is 2. The summed E-state index contributed by atoms with van der Waals surface area (Å²) in [6, 6.07) is 9.70. The van der Waals surface area contributed by atoms with Crippen LogP contribution in [0, 0.1) is 5.92 Å². The zero-order valence-electron chi connectivity index (χ0n) is 18.1. The number of carbonyl (C=O) groups excluding carboxylic acids is 1. The summed E-state index contributed by atoms with van der Waals surface area (Å²) in [7, 11) is 0. The molecule has 0 aliphatic carbocycles. The third-order valence-electron chi connectivity index (χ3n) is 4.78. The van der Waals surface area contributed by atoms with Gasteiger partial charge in [0.15, 0.2) is 11.6 Å². The minimum Gasteiger partial charge on any atom is -0.399 e. The number of benzene rings is 2. The van der Waals surface area contributed by atoms with Gasteiger partial charge in [0, 0.05) is 28.9 Å². The number of carbonyl (C=O) groups is 1. The number of ketones is 1. The van der Waals surface area contributed by atoms with E-state index in [1.165, 1.54) is 18.1 Å². The van der Waals surface area contributed by atoms with Crippen molar-refractivity contribution in [2.75, 3.05) is 23.3 Å². The van der Waals surface area contributed by atoms with Gasteiger partial charge in [-0.05, 0) is 61.1 Å². The van der Waals surface area contributed by atoms with Crippen LogP contribution in [0.5, 0.6) is 0 Å². The molecule has 0 amide bonds. The van der Waals surface area contributed by atoms with Gasteiger partial charge in [-0.25, -0.2) is 0 Å². The molecule has 0 bridgehead atoms. The van der Waals surface area contributed by atoms with Crippen molar-refractivity contribution in [3.63, 3.8) is 0 Å². The van der Waals surface area contributed by atoms with Crippen LogP contribution in [-0.4, -0.2) is 22.5 Å². The molecule has 29 heavy (non-hydrogen) atoms. The number of nitrogens with two attached hydrogens (primary N) is 2. The lowest BCUT2D eigenvalue weighted by molar-refractivity contribution is 0.101. The van der Waals surface area contributed by atoms with Gasteiger partial charge in [0.2, 0.25) is 0 Å². The Bertz CT molecular complexity index is 975. The SMILES string of the molecule is CC(=O)c1cc2c(NCC(C)C)n[nH]c2cc1N.CCc1ccc(N)cc1CC. The van der Waals surface area contributed by atoms with E-state index < -0.39 is 0 Å². The van der Waals surface area contributed by atoms with E-state index in [1.54, 1.807) is 12.1 Å². The number of nitrogens with one attached hydrogen (secondary N) is 2. The second-order valence-corrected chi connectivity index (χ2v) is 7.62. The van der Waals surface area contributed by atoms with Crippen molar-refractivity contribution < 1.29 is 4.79 Å². The predicted molar refractivity (Wildman–Crippen MR) is 123 cm³/mol. The molecule has 1 aromatic heterocycles. The number of nitrogens with zero attached hydrogens (tertiary/aromatic N) is 1. The normalized spacial score (nSPS) is 10.7. The first-order valence-electron chi connectivity index (χ1n) is 10.2. The van der Waals surface area contributed by atoms with Crippen molar-refractivity contribution in [2.24, 2.45) is 5.92 Å². The average molecular weight is 396 g/mol. The van der Waals surface area contributed by atoms with E-state index in [-0.39, 0.29) is 5.78 Å². The van der Waals surface area contributed by atoms with Crippen LogP contribution >= 0.6 is 0 Å². The average Bonchev–Trinajstić information content (AvgIpc) is 3.07. The summed E-state index contributed by atoms with van der Waals surface area (Å²) in [5, 5.41) is 11.3. The highest BCUT2D eigenvalue weighted by molar-refractivity contribution is 6.05. The van der Waals surface area contributed by atoms with Gasteiger partial charge < -0.3 is 16.8 Å². The van der Waals surface area contributed by atoms with Gasteiger partial charge in [0.25, 0.3) is 0 Å². The predicted octanol–water partition coefficient (Wildman–Crippen LogP) is 4.81. The van der Waals surface area contributed by atoms with E-state index in [9.17, 15) is 4.79 Å². The standard InChI is InChI=1S/C13H18N4O.C10H15N/c1-7(2)6-15-13-10-4-9(8(3)18)11(14)5-12(10)16-17-13;1-3-8-5-6-10(11)7-9(8)4-2/h4-5,7H,6,14H2,1-3H3,(H2,15,16,17);5-7H,3-4,11H2,1-2H3. The van der Waals surface area contributed by atoms with Crippen LogP contribution in [0.4, 0.5) is 17.2 Å². The highest BCUT2D eigenvalue weighted by Gasteiger charge is 2.12. The van der Waals surface area contributed by atoms with E-state index in [2.05, 4.69) is 55.3 Å². The highest BCUT2D eigenvalue weighted by atomic mass is 16.1. The molecule has 0 radical (unpaired) electrons. The Morgan fingerprint density at radius 1 is 1.10 bits per heavy atom. The van der Waals surface area contributed by atoms with Crippen molar-refractivity contribution in [3.05, 3.63) is 47.0 Å². The molecule has 3 aromatic rings. The van der Waals surface area contributed by atoms with E-state index in [4.69, 9.17) is 11.5 Å². The maximum absolute atomic E-state index is 11.5. The molecule has 156 valence electrons. The largest absolute Gasteiger partial charge is 0.399 e. The monoisotopic (exact) mass is 395 g/mol. The fourth-order valence-electron chi connectivity index (χ4n) is 3.14. The van der Waals surface area contributed by atoms with E-state index in [0.717, 1.165) is 41.8 Å². The number of aromatic amines is 1. The second-order valence-electron chi connectivity index (χ2n) is 7.62. The van der Waals surface area contributed by atoms with Crippen molar-refractivity contribution in [3.8, 4) is 0 Å². The molecule has 0 fully saturated rings. The van der Waals surface area contributed by atoms with Gasteiger partial charge in [0.1, 0.15) is 0 Å². The summed E-state index contributed by atoms with van der Waals surface area (Å²) >= 11 is 0. The number of fused-ring (bicyclic) bond motifs is 1. The van der Waals surface area contributed by atoms with Crippen LogP contribution in [0.1, 0.15) is 56.1 Å². The molecule has 0 atom stereocenters. The van der Waals surface area contributed by atoms with Gasteiger partial charge >= 0.3 is 0 Å². The number of hydrogen-bond acceptors (Lipinski definition) is 5. The zero-order chi connectivity index (χ0) is 21.6. The van der Waals surface area contributed by atoms with Gasteiger partial charge in [-0.3, -0.25) is 9.89 Å². The first-order chi connectivity index (χ1) is 13.8. The molecule has 6 N–H and O–H groups in total. The fraction of sp³-hybridized carbons (Fsp3) is 0.391. The number of rotatable bonds is 6. The molecule has 0 spiro atoms. The van der Waals surface area contributed by atoms with Crippen LogP contribution in [0.15, 0.2) is 30.3 Å². The third-order valence-corrected chi connectivity index (χ3v) is 4.78. The quantitative estimate of drug-likeness (QED) is 0.354. The van der Waals surface area contributed by atoms with E-state index >= 15 is 0 Å². The Hall–Kier alpha value is -3.02. The summed E-state index contributed by atoms with van der Waals surface area (Å²) in [4.78, 5) is 11.5. The van der Waals surface area contributed by atoms with Gasteiger partial charge in [-0.2, -0.15) is 5.10 Å². The van der Waals surface area contributed by atoms with Gasteiger partial charge in [0.05, 0.1) is 5.52 Å². The zero-order valence-corrected chi connectivity index (χ0v) is 18.1. The van der Waals surface area contributed by atoms with Crippen LogP contribution in [-0.2, 0) is 12.8 Å². The number of H-pyrrole nitrogens is 1. The third kappa shape index (κ3) is 5.73. The molecule has 0 unspecified atom stereocenters. The lowest BCUT2D eigenvalue weighted by Gasteiger charge is -2.07. The highest BCUT2D eigenvalue weighted by Crippen LogP contribution is 2.26. The van der Waals surface area contributed by atoms with Crippen molar-refractivity contribution in [1.82, 2.24) is 10.2 Å². The molecule has 0 saturated carbocycles. The molecular weight excluding hydrogens is 362 g/mol. The minimum absolute atomic E-state index is 0.0367. The number of Topliss-reactive ketones (excluding diaryl/α,β-unsaturated/α-hetero) is 1. The Labute approximate surface area is 173 Å². The van der Waals surface area contributed by atoms with E-state index in [1.807, 2.05) is 6.07 Å². The molecule has 6 heteroatoms. The topological polar surface area (TPSA) is 110 Å². The lowest BCUT2D eigenvalue weighted by atomic mass is 10.0. The first-order valence-corrected chi connectivity index (χ1v) is 10.2. The number of nitrogen functional groups attached to an aromatic ring is 2. The fourth-order valence-corrected chi connectivity index (χ4v) is 3.14. The summed E-state index contributed by atoms with van der Waals surface area (Å²) in [5.41, 5.74) is 17.0. The Kier molecular flexibility index (Phi) is 7.65. The number of anilines is 3. The van der Waals surface area contributed by atoms with Crippen LogP contribution < -0.4 is 16.8 Å². The smallest absolute Gasteiger partial charge is 0.161 e. The molecule has 3 rings (SSSR count). The molecule has 0 saturated heterocycles. The summed E-state index contributed by atoms with van der Waals surface area (Å²) in [6.07, 6.45) is 2.18. The lowest BCUT2D eigenvalue weighted by Crippen LogP contribution is -2.08. The van der Waals surface area contributed by atoms with Crippen LogP contribution in [0.25, 0.3) is 10.9 Å². The first kappa shape index (κ1) is 22.3. The Balaban J connectivity index is 0.000000234. The van der Waals surface area contributed by atoms with Crippen LogP contribution in [0.3, 0.4) is 0 Å². The Morgan fingerprint density at radius 3 is 2.38 bits per heavy atom. The molecule has 0 aliphatic rings. The van der Waals surface area contributed by atoms with Crippen molar-refractivity contribution >= 4 is 33.9 Å². The summed E-state index contributed by atoms with van der Waals surface area (Å²) < 4.78 is 0. The maximum Gasteiger partial charge on any atom is 0.161 e. The molecule has 2 aromatic carbocycles. The molecule has 1 heterocycles. The Morgan fingerprint density at radius 2 is 1.79 bits per heavy atom. The van der Waals surface area contributed by atoms with Crippen LogP contribution in [0.2, 0.25) is 0 Å². The maximum atomic E-state index is 11.5. The molecular formula is C23H33N5O. The summed E-state index contributed by atoms with van der Waals surface area (Å²) in [6.45, 7) is 10.9. The van der Waals surface area contributed by atoms with Crippen molar-refractivity contribution in [1.29, 1.82) is 0 Å². The van der Waals surface area contributed by atoms with Crippen molar-refractivity contribution in [2.45, 2.75) is 47.5 Å². The second kappa shape index (κ2) is 9.96. The summed E-state index contributed by atoms with van der Waals surface area (Å²) in [5.74, 6) is 1.25. The minimum atomic E-state index is -0.0367. The molecule has 6 nitrogen and oxygen atoms in total. The number of hydrogen-bond donors (Lipinski definition) is 4. The number of aromatic nitrogens is 2. The molecule has 0 aliphatic heterocycles. The van der Waals surface area contributed by atoms with E-state index in [0.29, 0.717) is 17.2 Å². The van der Waals surface area contributed by atoms with Gasteiger partial charge in [-0.15, -0.1) is 0 Å².